The van der Waals surface area contributed by atoms with Crippen molar-refractivity contribution < 1.29 is 80.2 Å². The van der Waals surface area contributed by atoms with Crippen LogP contribution in [-0.4, -0.2) is 96.7 Å². The fourth-order valence-corrected chi connectivity index (χ4v) is 11.0. The SMILES string of the molecule is CC(C)CCCCCCCCCCCCC(=O)O[C@H](COC(=O)CCCCCCCCCC(C)C)COP(=O)(O)OCC(O)COP(=O)(O)OC[C@@H](COC(=O)CCCCCCCCCC(C)C)OC(=O)CCCCCCCCCC(C)C. The van der Waals surface area contributed by atoms with Crippen molar-refractivity contribution in [2.24, 2.45) is 23.7 Å². The molecule has 0 aliphatic carbocycles. The number of aliphatic hydroxyl groups is 1. The van der Waals surface area contributed by atoms with Crippen LogP contribution in [-0.2, 0) is 65.4 Å². The summed E-state index contributed by atoms with van der Waals surface area (Å²) in [4.78, 5) is 72.2. The van der Waals surface area contributed by atoms with E-state index in [1.54, 1.807) is 0 Å². The van der Waals surface area contributed by atoms with Crippen LogP contribution in [0.4, 0.5) is 0 Å². The molecule has 0 radical (unpaired) electrons. The molecule has 0 rings (SSSR count). The second-order valence-corrected chi connectivity index (χ2v) is 28.0. The van der Waals surface area contributed by atoms with Gasteiger partial charge in [0.15, 0.2) is 12.2 Å². The van der Waals surface area contributed by atoms with E-state index in [0.717, 1.165) is 109 Å². The number of aliphatic hydroxyl groups excluding tert-OH is 1. The molecule has 19 heteroatoms. The maximum absolute atomic E-state index is 13.0. The molecule has 0 fully saturated rings. The normalized spacial score (nSPS) is 14.4. The third-order valence-corrected chi connectivity index (χ3v) is 16.5. The Morgan fingerprint density at radius 3 is 0.747 bits per heavy atom. The lowest BCUT2D eigenvalue weighted by molar-refractivity contribution is -0.161. The van der Waals surface area contributed by atoms with Crippen LogP contribution in [0.15, 0.2) is 0 Å². The zero-order chi connectivity index (χ0) is 61.8. The smallest absolute Gasteiger partial charge is 0.462 e. The third kappa shape index (κ3) is 58.8. The van der Waals surface area contributed by atoms with Gasteiger partial charge in [0, 0.05) is 25.7 Å². The van der Waals surface area contributed by atoms with Gasteiger partial charge >= 0.3 is 39.5 Å². The van der Waals surface area contributed by atoms with Crippen molar-refractivity contribution in [3.63, 3.8) is 0 Å². The molecule has 0 aromatic rings. The molecule has 0 aliphatic rings. The maximum Gasteiger partial charge on any atom is 0.472 e. The van der Waals surface area contributed by atoms with Crippen molar-refractivity contribution in [2.45, 2.75) is 324 Å². The summed E-state index contributed by atoms with van der Waals surface area (Å²) in [6, 6.07) is 0. The molecule has 0 bridgehead atoms. The summed E-state index contributed by atoms with van der Waals surface area (Å²) >= 11 is 0. The Morgan fingerprint density at radius 1 is 0.301 bits per heavy atom. The number of ether oxygens (including phenoxy) is 4. The first-order valence-electron chi connectivity index (χ1n) is 33.2. The molecular weight excluding hydrogens is 1100 g/mol. The molecule has 5 atom stereocenters. The Hall–Kier alpha value is -1.94. The molecule has 0 saturated carbocycles. The predicted octanol–water partition coefficient (Wildman–Crippen LogP) is 17.4. The standard InChI is InChI=1S/C64H124O17P2/c1-54(2)40-32-24-16-11-9-10-12-20-30-38-46-63(68)80-59(50-74-61(66)44-36-28-21-13-17-25-33-41-55(3)4)52-78-82(70,71)76-48-58(65)49-77-83(72,73)79-53-60(81-64(69)47-39-31-23-15-19-27-35-43-57(7)8)51-75-62(67)45-37-29-22-14-18-26-34-42-56(5)6/h54-60,65H,9-53H2,1-8H3,(H,70,71)(H,72,73)/t58?,59-,60-/m1/s1. The minimum absolute atomic E-state index is 0.102. The fraction of sp³-hybridized carbons (Fsp3) is 0.938. The number of hydrogen-bond donors (Lipinski definition) is 3. The number of unbranched alkanes of at least 4 members (excludes halogenated alkanes) is 27. The van der Waals surface area contributed by atoms with Crippen LogP contribution in [0, 0.1) is 23.7 Å². The monoisotopic (exact) mass is 1230 g/mol. The van der Waals surface area contributed by atoms with Gasteiger partial charge in [-0.3, -0.25) is 37.3 Å². The van der Waals surface area contributed by atoms with Gasteiger partial charge in [-0.15, -0.1) is 0 Å². The van der Waals surface area contributed by atoms with Gasteiger partial charge in [-0.2, -0.15) is 0 Å². The van der Waals surface area contributed by atoms with E-state index >= 15 is 0 Å². The quantitative estimate of drug-likeness (QED) is 0.0222. The summed E-state index contributed by atoms with van der Waals surface area (Å²) in [5, 5.41) is 10.5. The zero-order valence-electron chi connectivity index (χ0n) is 53.8. The summed E-state index contributed by atoms with van der Waals surface area (Å²) in [5.41, 5.74) is 0. The molecular formula is C64H124O17P2. The van der Waals surface area contributed by atoms with Crippen molar-refractivity contribution in [1.29, 1.82) is 0 Å². The second-order valence-electron chi connectivity index (χ2n) is 25.1. The van der Waals surface area contributed by atoms with Crippen LogP contribution < -0.4 is 0 Å². The topological polar surface area (TPSA) is 237 Å². The van der Waals surface area contributed by atoms with Crippen LogP contribution in [0.5, 0.6) is 0 Å². The molecule has 0 amide bonds. The zero-order valence-corrected chi connectivity index (χ0v) is 55.6. The molecule has 0 saturated heterocycles. The number of hydrogen-bond acceptors (Lipinski definition) is 15. The van der Waals surface area contributed by atoms with Crippen LogP contribution in [0.1, 0.15) is 306 Å². The molecule has 83 heavy (non-hydrogen) atoms. The van der Waals surface area contributed by atoms with E-state index in [1.165, 1.54) is 96.3 Å². The van der Waals surface area contributed by atoms with E-state index in [1.807, 2.05) is 0 Å². The average molecular weight is 1230 g/mol. The first-order chi connectivity index (χ1) is 39.6. The Labute approximate surface area is 505 Å². The van der Waals surface area contributed by atoms with E-state index in [9.17, 15) is 43.2 Å². The maximum atomic E-state index is 13.0. The molecule has 0 aromatic carbocycles. The number of phosphoric acid groups is 2. The highest BCUT2D eigenvalue weighted by Gasteiger charge is 2.30. The molecule has 0 aromatic heterocycles. The highest BCUT2D eigenvalue weighted by Crippen LogP contribution is 2.45. The molecule has 17 nitrogen and oxygen atoms in total. The highest BCUT2D eigenvalue weighted by atomic mass is 31.2. The molecule has 492 valence electrons. The van der Waals surface area contributed by atoms with Crippen molar-refractivity contribution >= 4 is 39.5 Å². The molecule has 0 aliphatic heterocycles. The van der Waals surface area contributed by atoms with E-state index in [0.29, 0.717) is 43.4 Å². The predicted molar refractivity (Wildman–Crippen MR) is 331 cm³/mol. The molecule has 3 unspecified atom stereocenters. The van der Waals surface area contributed by atoms with Gasteiger partial charge < -0.3 is 33.8 Å². The van der Waals surface area contributed by atoms with Gasteiger partial charge in [-0.1, -0.05) is 254 Å². The lowest BCUT2D eigenvalue weighted by atomic mass is 10.0. The largest absolute Gasteiger partial charge is 0.472 e. The minimum Gasteiger partial charge on any atom is -0.462 e. The summed E-state index contributed by atoms with van der Waals surface area (Å²) in [6.45, 7) is 13.9. The number of esters is 4. The Morgan fingerprint density at radius 2 is 0.506 bits per heavy atom. The highest BCUT2D eigenvalue weighted by molar-refractivity contribution is 7.47. The van der Waals surface area contributed by atoms with Gasteiger partial charge in [0.2, 0.25) is 0 Å². The Kier molecular flexibility index (Phi) is 53.0. The van der Waals surface area contributed by atoms with Gasteiger partial charge in [0.1, 0.15) is 19.3 Å². The fourth-order valence-electron chi connectivity index (χ4n) is 9.43. The first-order valence-corrected chi connectivity index (χ1v) is 36.2. The summed E-state index contributed by atoms with van der Waals surface area (Å²) in [6.07, 6.45) is 33.7. The Balaban J connectivity index is 5.25. The van der Waals surface area contributed by atoms with Crippen molar-refractivity contribution in [3.05, 3.63) is 0 Å². The number of carbonyl (C=O) groups excluding carboxylic acids is 4. The van der Waals surface area contributed by atoms with Crippen molar-refractivity contribution in [3.8, 4) is 0 Å². The molecule has 0 spiro atoms. The lowest BCUT2D eigenvalue weighted by Gasteiger charge is -2.21. The van der Waals surface area contributed by atoms with Gasteiger partial charge in [-0.05, 0) is 49.4 Å². The van der Waals surface area contributed by atoms with Gasteiger partial charge in [0.25, 0.3) is 0 Å². The van der Waals surface area contributed by atoms with Crippen LogP contribution >= 0.6 is 15.6 Å². The Bertz CT molecular complexity index is 1660. The minimum atomic E-state index is -4.95. The number of rotatable bonds is 61. The van der Waals surface area contributed by atoms with Crippen molar-refractivity contribution in [2.75, 3.05) is 39.6 Å². The second kappa shape index (κ2) is 54.2. The van der Waals surface area contributed by atoms with E-state index in [2.05, 4.69) is 55.4 Å². The number of phosphoric ester groups is 2. The van der Waals surface area contributed by atoms with E-state index in [4.69, 9.17) is 37.0 Å². The first kappa shape index (κ1) is 81.1. The molecule has 0 heterocycles. The third-order valence-electron chi connectivity index (χ3n) is 14.6. The van der Waals surface area contributed by atoms with Gasteiger partial charge in [0.05, 0.1) is 26.4 Å². The lowest BCUT2D eigenvalue weighted by Crippen LogP contribution is -2.30. The summed E-state index contributed by atoms with van der Waals surface area (Å²) in [7, 11) is -9.89. The van der Waals surface area contributed by atoms with Crippen LogP contribution in [0.25, 0.3) is 0 Å². The van der Waals surface area contributed by atoms with Crippen LogP contribution in [0.3, 0.4) is 0 Å². The summed E-state index contributed by atoms with van der Waals surface area (Å²) < 4.78 is 68.0. The molecule has 3 N–H and O–H groups in total. The van der Waals surface area contributed by atoms with E-state index in [-0.39, 0.29) is 25.7 Å². The summed E-state index contributed by atoms with van der Waals surface area (Å²) in [5.74, 6) is 0.716. The van der Waals surface area contributed by atoms with Crippen LogP contribution in [0.2, 0.25) is 0 Å². The van der Waals surface area contributed by atoms with E-state index < -0.39 is 97.5 Å². The number of carbonyl (C=O) groups is 4. The van der Waals surface area contributed by atoms with Crippen molar-refractivity contribution in [1.82, 2.24) is 0 Å². The average Bonchev–Trinajstić information content (AvgIpc) is 3.42. The van der Waals surface area contributed by atoms with Gasteiger partial charge in [-0.25, -0.2) is 9.13 Å².